The monoisotopic (exact) mass is 445 g/mol. The van der Waals surface area contributed by atoms with Crippen molar-refractivity contribution in [2.24, 2.45) is 5.73 Å². The van der Waals surface area contributed by atoms with Gasteiger partial charge < -0.3 is 11.1 Å². The summed E-state index contributed by atoms with van der Waals surface area (Å²) in [7, 11) is -3.67. The van der Waals surface area contributed by atoms with Crippen LogP contribution in [0.4, 0.5) is 5.69 Å². The Labute approximate surface area is 189 Å². The van der Waals surface area contributed by atoms with Crippen molar-refractivity contribution >= 4 is 26.5 Å². The number of fused-ring (bicyclic) bond motifs is 1. The highest BCUT2D eigenvalue weighted by atomic mass is 32.2. The molecule has 0 heterocycles. The first-order valence-corrected chi connectivity index (χ1v) is 12.1. The molecule has 0 saturated heterocycles. The molecule has 4 aromatic rings. The Morgan fingerprint density at radius 1 is 0.719 bits per heavy atom. The van der Waals surface area contributed by atoms with Crippen molar-refractivity contribution < 1.29 is 8.42 Å². The van der Waals surface area contributed by atoms with Crippen LogP contribution in [0.3, 0.4) is 0 Å². The van der Waals surface area contributed by atoms with Gasteiger partial charge in [-0.15, -0.1) is 0 Å². The predicted octanol–water partition coefficient (Wildman–Crippen LogP) is 4.43. The van der Waals surface area contributed by atoms with Gasteiger partial charge in [-0.25, -0.2) is 8.42 Å². The van der Waals surface area contributed by atoms with Gasteiger partial charge in [-0.05, 0) is 64.7 Å². The molecule has 4 N–H and O–H groups in total. The highest BCUT2D eigenvalue weighted by molar-refractivity contribution is 7.92. The van der Waals surface area contributed by atoms with Crippen molar-refractivity contribution in [3.8, 4) is 0 Å². The van der Waals surface area contributed by atoms with E-state index in [-0.39, 0.29) is 4.90 Å². The minimum atomic E-state index is -3.67. The zero-order chi connectivity index (χ0) is 22.4. The lowest BCUT2D eigenvalue weighted by atomic mass is 10.1. The topological polar surface area (TPSA) is 84.2 Å². The molecule has 0 aliphatic heterocycles. The van der Waals surface area contributed by atoms with E-state index in [1.54, 1.807) is 18.2 Å². The van der Waals surface area contributed by atoms with Crippen molar-refractivity contribution in [3.63, 3.8) is 0 Å². The van der Waals surface area contributed by atoms with Gasteiger partial charge in [-0.1, -0.05) is 66.7 Å². The summed E-state index contributed by atoms with van der Waals surface area (Å²) >= 11 is 0. The van der Waals surface area contributed by atoms with Crippen LogP contribution >= 0.6 is 0 Å². The average molecular weight is 446 g/mol. The number of sulfonamides is 1. The number of nitrogens with one attached hydrogen (secondary N) is 2. The van der Waals surface area contributed by atoms with Crippen LogP contribution in [-0.4, -0.2) is 15.0 Å². The van der Waals surface area contributed by atoms with Crippen LogP contribution in [0.15, 0.2) is 95.9 Å². The molecule has 0 amide bonds. The fourth-order valence-corrected chi connectivity index (χ4v) is 4.76. The zero-order valence-electron chi connectivity index (χ0n) is 17.8. The summed E-state index contributed by atoms with van der Waals surface area (Å²) in [4.78, 5) is 0.249. The summed E-state index contributed by atoms with van der Waals surface area (Å²) in [6.45, 7) is 2.02. The van der Waals surface area contributed by atoms with Crippen LogP contribution in [0, 0.1) is 0 Å². The largest absolute Gasteiger partial charge is 0.326 e. The lowest BCUT2D eigenvalue weighted by molar-refractivity contribution is 0.601. The quantitative estimate of drug-likeness (QED) is 0.333. The first-order chi connectivity index (χ1) is 15.5. The molecule has 5 nitrogen and oxygen atoms in total. The van der Waals surface area contributed by atoms with Gasteiger partial charge in [0.15, 0.2) is 0 Å². The van der Waals surface area contributed by atoms with Gasteiger partial charge in [0.2, 0.25) is 0 Å². The zero-order valence-corrected chi connectivity index (χ0v) is 18.6. The molecule has 4 aromatic carbocycles. The van der Waals surface area contributed by atoms with Crippen LogP contribution < -0.4 is 15.8 Å². The molecule has 0 aliphatic carbocycles. The van der Waals surface area contributed by atoms with Gasteiger partial charge in [0.25, 0.3) is 10.0 Å². The SMILES string of the molecule is NCc1cccc(CCNCc2cccc(NS(=O)(=O)c3ccc4ccccc4c3)c2)c1. The molecule has 164 valence electrons. The molecule has 0 atom stereocenters. The number of hydrogen-bond donors (Lipinski definition) is 3. The van der Waals surface area contributed by atoms with E-state index in [9.17, 15) is 8.42 Å². The normalized spacial score (nSPS) is 11.5. The summed E-state index contributed by atoms with van der Waals surface area (Å²) in [6.07, 6.45) is 0.905. The summed E-state index contributed by atoms with van der Waals surface area (Å²) in [5.41, 5.74) is 9.65. The second kappa shape index (κ2) is 9.96. The number of benzene rings is 4. The van der Waals surface area contributed by atoms with Crippen LogP contribution in [0.5, 0.6) is 0 Å². The van der Waals surface area contributed by atoms with E-state index in [4.69, 9.17) is 5.73 Å². The third-order valence-corrected chi connectivity index (χ3v) is 6.74. The van der Waals surface area contributed by atoms with Crippen molar-refractivity contribution in [2.75, 3.05) is 11.3 Å². The molecule has 0 radical (unpaired) electrons. The maximum atomic E-state index is 12.9. The van der Waals surface area contributed by atoms with Gasteiger partial charge in [-0.3, -0.25) is 4.72 Å². The Balaban J connectivity index is 1.37. The fraction of sp³-hybridized carbons (Fsp3) is 0.154. The summed E-state index contributed by atoms with van der Waals surface area (Å²) in [5.74, 6) is 0. The molecular weight excluding hydrogens is 418 g/mol. The third-order valence-electron chi connectivity index (χ3n) is 5.36. The van der Waals surface area contributed by atoms with Crippen molar-refractivity contribution in [1.82, 2.24) is 5.32 Å². The Morgan fingerprint density at radius 2 is 1.47 bits per heavy atom. The van der Waals surface area contributed by atoms with Crippen LogP contribution in [0.2, 0.25) is 0 Å². The average Bonchev–Trinajstić information content (AvgIpc) is 2.81. The Kier molecular flexibility index (Phi) is 6.85. The van der Waals surface area contributed by atoms with Gasteiger partial charge in [-0.2, -0.15) is 0 Å². The predicted molar refractivity (Wildman–Crippen MR) is 131 cm³/mol. The van der Waals surface area contributed by atoms with E-state index in [0.29, 0.717) is 18.8 Å². The number of anilines is 1. The second-order valence-electron chi connectivity index (χ2n) is 7.77. The van der Waals surface area contributed by atoms with E-state index in [1.807, 2.05) is 60.7 Å². The maximum Gasteiger partial charge on any atom is 0.261 e. The van der Waals surface area contributed by atoms with Gasteiger partial charge in [0, 0.05) is 18.8 Å². The smallest absolute Gasteiger partial charge is 0.261 e. The van der Waals surface area contributed by atoms with Crippen LogP contribution in [-0.2, 0) is 29.5 Å². The molecule has 32 heavy (non-hydrogen) atoms. The molecule has 0 saturated carbocycles. The Morgan fingerprint density at radius 3 is 2.31 bits per heavy atom. The molecule has 4 rings (SSSR count). The minimum Gasteiger partial charge on any atom is -0.326 e. The van der Waals surface area contributed by atoms with Crippen molar-refractivity contribution in [3.05, 3.63) is 108 Å². The van der Waals surface area contributed by atoms with Gasteiger partial charge in [0.1, 0.15) is 0 Å². The molecule has 0 bridgehead atoms. The summed E-state index contributed by atoms with van der Waals surface area (Å²) in [6, 6.07) is 28.6. The second-order valence-corrected chi connectivity index (χ2v) is 9.45. The molecule has 0 aliphatic rings. The Bertz CT molecular complexity index is 1320. The number of hydrogen-bond acceptors (Lipinski definition) is 4. The molecular formula is C26H27N3O2S. The van der Waals surface area contributed by atoms with Gasteiger partial charge in [0.05, 0.1) is 4.90 Å². The van der Waals surface area contributed by atoms with Gasteiger partial charge >= 0.3 is 0 Å². The Hall–Kier alpha value is -3.19. The molecule has 0 unspecified atom stereocenters. The summed E-state index contributed by atoms with van der Waals surface area (Å²) < 4.78 is 28.5. The molecule has 6 heteroatoms. The van der Waals surface area contributed by atoms with Crippen LogP contribution in [0.25, 0.3) is 10.8 Å². The van der Waals surface area contributed by atoms with E-state index >= 15 is 0 Å². The standard InChI is InChI=1S/C26H27N3O2S/c27-18-21-6-3-5-20(15-21)13-14-28-19-22-7-4-10-25(16-22)29-32(30,31)26-12-11-23-8-1-2-9-24(23)17-26/h1-12,15-17,28-29H,13-14,18-19,27H2. The lowest BCUT2D eigenvalue weighted by Crippen LogP contribution is -2.17. The van der Waals surface area contributed by atoms with Crippen LogP contribution in [0.1, 0.15) is 16.7 Å². The number of rotatable bonds is 9. The first-order valence-electron chi connectivity index (χ1n) is 10.6. The maximum absolute atomic E-state index is 12.9. The minimum absolute atomic E-state index is 0.249. The molecule has 0 fully saturated rings. The highest BCUT2D eigenvalue weighted by Gasteiger charge is 2.15. The lowest BCUT2D eigenvalue weighted by Gasteiger charge is -2.11. The van der Waals surface area contributed by atoms with Crippen molar-refractivity contribution in [2.45, 2.75) is 24.4 Å². The molecule has 0 aromatic heterocycles. The fourth-order valence-electron chi connectivity index (χ4n) is 3.67. The number of nitrogens with two attached hydrogens (primary N) is 1. The highest BCUT2D eigenvalue weighted by Crippen LogP contribution is 2.22. The van der Waals surface area contributed by atoms with E-state index < -0.39 is 10.0 Å². The van der Waals surface area contributed by atoms with E-state index in [0.717, 1.165) is 34.9 Å². The first kappa shape index (κ1) is 22.0. The summed E-state index contributed by atoms with van der Waals surface area (Å²) in [5, 5.41) is 5.32. The van der Waals surface area contributed by atoms with Crippen molar-refractivity contribution in [1.29, 1.82) is 0 Å². The third kappa shape index (κ3) is 5.53. The molecule has 0 spiro atoms. The van der Waals surface area contributed by atoms with E-state index in [1.165, 1.54) is 5.56 Å². The van der Waals surface area contributed by atoms with E-state index in [2.05, 4.69) is 22.2 Å².